The molecule has 1 aromatic carbocycles. The van der Waals surface area contributed by atoms with Gasteiger partial charge in [-0.05, 0) is 26.0 Å². The maximum Gasteiger partial charge on any atom is 0.316 e. The molecule has 2 rings (SSSR count). The molecule has 0 aliphatic carbocycles. The summed E-state index contributed by atoms with van der Waals surface area (Å²) in [6.07, 6.45) is 0. The van der Waals surface area contributed by atoms with Crippen molar-refractivity contribution >= 4 is 28.8 Å². The van der Waals surface area contributed by atoms with Gasteiger partial charge in [-0.25, -0.2) is 4.98 Å². The van der Waals surface area contributed by atoms with Crippen molar-refractivity contribution in [3.05, 3.63) is 18.2 Å². The lowest BCUT2D eigenvalue weighted by Gasteiger charge is -2.03. The van der Waals surface area contributed by atoms with E-state index >= 15 is 0 Å². The van der Waals surface area contributed by atoms with Gasteiger partial charge in [0.1, 0.15) is 5.75 Å². The molecular formula is C14H18N2O3S. The van der Waals surface area contributed by atoms with E-state index in [1.54, 1.807) is 6.92 Å². The molecule has 0 aliphatic rings. The van der Waals surface area contributed by atoms with Gasteiger partial charge in [0.2, 0.25) is 0 Å². The maximum absolute atomic E-state index is 11.4. The number of carbonyl (C=O) groups is 1. The van der Waals surface area contributed by atoms with Crippen molar-refractivity contribution in [2.75, 3.05) is 19.0 Å². The largest absolute Gasteiger partial charge is 0.494 e. The summed E-state index contributed by atoms with van der Waals surface area (Å²) < 4.78 is 12.3. The van der Waals surface area contributed by atoms with Crippen LogP contribution in [0.2, 0.25) is 0 Å². The number of esters is 1. The molecule has 0 saturated carbocycles. The van der Waals surface area contributed by atoms with E-state index in [1.807, 2.05) is 36.7 Å². The van der Waals surface area contributed by atoms with Crippen LogP contribution < -0.4 is 4.74 Å². The van der Waals surface area contributed by atoms with Crippen molar-refractivity contribution in [2.24, 2.45) is 7.05 Å². The summed E-state index contributed by atoms with van der Waals surface area (Å²) in [5, 5.41) is 0.793. The van der Waals surface area contributed by atoms with Crippen LogP contribution in [0, 0.1) is 0 Å². The van der Waals surface area contributed by atoms with Crippen molar-refractivity contribution in [2.45, 2.75) is 19.0 Å². The quantitative estimate of drug-likeness (QED) is 0.605. The number of aromatic nitrogens is 2. The lowest BCUT2D eigenvalue weighted by atomic mass is 10.3. The van der Waals surface area contributed by atoms with E-state index in [0.717, 1.165) is 21.9 Å². The van der Waals surface area contributed by atoms with Crippen LogP contribution in [-0.2, 0) is 16.6 Å². The zero-order valence-corrected chi connectivity index (χ0v) is 12.7. The lowest BCUT2D eigenvalue weighted by molar-refractivity contribution is -0.139. The minimum Gasteiger partial charge on any atom is -0.494 e. The van der Waals surface area contributed by atoms with Crippen molar-refractivity contribution in [3.63, 3.8) is 0 Å². The lowest BCUT2D eigenvalue weighted by Crippen LogP contribution is -2.07. The highest BCUT2D eigenvalue weighted by Gasteiger charge is 2.11. The fourth-order valence-corrected chi connectivity index (χ4v) is 2.65. The third kappa shape index (κ3) is 3.25. The Hall–Kier alpha value is -1.69. The van der Waals surface area contributed by atoms with Crippen LogP contribution in [0.1, 0.15) is 13.8 Å². The molecule has 0 N–H and O–H groups in total. The van der Waals surface area contributed by atoms with Gasteiger partial charge >= 0.3 is 5.97 Å². The minimum absolute atomic E-state index is 0.223. The number of thioether (sulfide) groups is 1. The summed E-state index contributed by atoms with van der Waals surface area (Å²) in [5.74, 6) is 0.850. The summed E-state index contributed by atoms with van der Waals surface area (Å²) >= 11 is 1.38. The molecular weight excluding hydrogens is 276 g/mol. The average molecular weight is 294 g/mol. The second kappa shape index (κ2) is 6.65. The number of imidazole rings is 1. The Balaban J connectivity index is 2.17. The van der Waals surface area contributed by atoms with Crippen LogP contribution in [-0.4, -0.2) is 34.5 Å². The second-order valence-electron chi connectivity index (χ2n) is 4.13. The zero-order chi connectivity index (χ0) is 14.5. The van der Waals surface area contributed by atoms with E-state index in [1.165, 1.54) is 11.8 Å². The fraction of sp³-hybridized carbons (Fsp3) is 0.429. The highest BCUT2D eigenvalue weighted by Crippen LogP contribution is 2.26. The van der Waals surface area contributed by atoms with Crippen LogP contribution in [0.25, 0.3) is 11.0 Å². The van der Waals surface area contributed by atoms with Crippen LogP contribution in [0.15, 0.2) is 23.4 Å². The number of ether oxygens (including phenoxy) is 2. The Morgan fingerprint density at radius 1 is 1.35 bits per heavy atom. The summed E-state index contributed by atoms with van der Waals surface area (Å²) in [7, 11) is 1.93. The van der Waals surface area contributed by atoms with Gasteiger partial charge in [-0.15, -0.1) is 0 Å². The van der Waals surface area contributed by atoms with Gasteiger partial charge in [0.25, 0.3) is 0 Å². The summed E-state index contributed by atoms with van der Waals surface area (Å²) in [6, 6.07) is 5.81. The van der Waals surface area contributed by atoms with Crippen molar-refractivity contribution in [1.29, 1.82) is 0 Å². The molecule has 108 valence electrons. The summed E-state index contributed by atoms with van der Waals surface area (Å²) in [5.41, 5.74) is 1.88. The van der Waals surface area contributed by atoms with Crippen LogP contribution in [0.4, 0.5) is 0 Å². The SMILES string of the molecule is CCOC(=O)CSc1nc2cc(OCC)ccc2n1C. The Morgan fingerprint density at radius 2 is 2.15 bits per heavy atom. The van der Waals surface area contributed by atoms with Crippen LogP contribution in [0.5, 0.6) is 5.75 Å². The van der Waals surface area contributed by atoms with E-state index in [0.29, 0.717) is 13.2 Å². The Kier molecular flexibility index (Phi) is 4.89. The van der Waals surface area contributed by atoms with Crippen molar-refractivity contribution < 1.29 is 14.3 Å². The molecule has 0 radical (unpaired) electrons. The number of rotatable bonds is 6. The van der Waals surface area contributed by atoms with Crippen LogP contribution >= 0.6 is 11.8 Å². The molecule has 1 aromatic heterocycles. The fourth-order valence-electron chi connectivity index (χ4n) is 1.87. The summed E-state index contributed by atoms with van der Waals surface area (Å²) in [4.78, 5) is 15.9. The van der Waals surface area contributed by atoms with Gasteiger partial charge < -0.3 is 14.0 Å². The normalized spacial score (nSPS) is 10.8. The molecule has 0 spiro atoms. The van der Waals surface area contributed by atoms with E-state index in [4.69, 9.17) is 9.47 Å². The van der Waals surface area contributed by atoms with Crippen molar-refractivity contribution in [3.8, 4) is 5.75 Å². The average Bonchev–Trinajstić information content (AvgIpc) is 2.74. The molecule has 20 heavy (non-hydrogen) atoms. The topological polar surface area (TPSA) is 53.4 Å². The first-order valence-corrected chi connectivity index (χ1v) is 7.52. The van der Waals surface area contributed by atoms with E-state index in [-0.39, 0.29) is 11.7 Å². The van der Waals surface area contributed by atoms with Gasteiger partial charge in [0.05, 0.1) is 30.0 Å². The first kappa shape index (κ1) is 14.7. The zero-order valence-electron chi connectivity index (χ0n) is 11.9. The molecule has 0 atom stereocenters. The Morgan fingerprint density at radius 3 is 2.85 bits per heavy atom. The number of aryl methyl sites for hydroxylation is 1. The smallest absolute Gasteiger partial charge is 0.316 e. The van der Waals surface area contributed by atoms with Gasteiger partial charge in [-0.2, -0.15) is 0 Å². The Bertz CT molecular complexity index is 610. The van der Waals surface area contributed by atoms with Gasteiger partial charge in [-0.1, -0.05) is 11.8 Å². The number of fused-ring (bicyclic) bond motifs is 1. The van der Waals surface area contributed by atoms with Crippen LogP contribution in [0.3, 0.4) is 0 Å². The van der Waals surface area contributed by atoms with Gasteiger partial charge in [0, 0.05) is 13.1 Å². The Labute approximate surface area is 122 Å². The summed E-state index contributed by atoms with van der Waals surface area (Å²) in [6.45, 7) is 4.78. The molecule has 0 saturated heterocycles. The molecule has 0 bridgehead atoms. The highest BCUT2D eigenvalue weighted by atomic mass is 32.2. The first-order chi connectivity index (χ1) is 9.65. The highest BCUT2D eigenvalue weighted by molar-refractivity contribution is 7.99. The number of benzene rings is 1. The second-order valence-corrected chi connectivity index (χ2v) is 5.07. The third-order valence-corrected chi connectivity index (χ3v) is 3.75. The monoisotopic (exact) mass is 294 g/mol. The van der Waals surface area contributed by atoms with Gasteiger partial charge in [-0.3, -0.25) is 4.79 Å². The number of carbonyl (C=O) groups excluding carboxylic acids is 1. The van der Waals surface area contributed by atoms with Gasteiger partial charge in [0.15, 0.2) is 5.16 Å². The maximum atomic E-state index is 11.4. The number of hydrogen-bond donors (Lipinski definition) is 0. The van der Waals surface area contributed by atoms with E-state index in [9.17, 15) is 4.79 Å². The predicted octanol–water partition coefficient (Wildman–Crippen LogP) is 2.63. The molecule has 0 aliphatic heterocycles. The first-order valence-electron chi connectivity index (χ1n) is 6.53. The standard InChI is InChI=1S/C14H18N2O3S/c1-4-18-10-6-7-12-11(8-10)15-14(16(12)3)20-9-13(17)19-5-2/h6-8H,4-5,9H2,1-3H3. The molecule has 1 heterocycles. The van der Waals surface area contributed by atoms with E-state index in [2.05, 4.69) is 4.98 Å². The minimum atomic E-state index is -0.223. The molecule has 2 aromatic rings. The van der Waals surface area contributed by atoms with E-state index < -0.39 is 0 Å². The number of hydrogen-bond acceptors (Lipinski definition) is 5. The third-order valence-electron chi connectivity index (χ3n) is 2.75. The van der Waals surface area contributed by atoms with Crippen molar-refractivity contribution in [1.82, 2.24) is 9.55 Å². The molecule has 6 heteroatoms. The molecule has 0 amide bonds. The predicted molar refractivity (Wildman–Crippen MR) is 79.2 cm³/mol. The molecule has 0 fully saturated rings. The molecule has 0 unspecified atom stereocenters. The number of nitrogens with zero attached hydrogens (tertiary/aromatic N) is 2. The molecule has 5 nitrogen and oxygen atoms in total.